The first kappa shape index (κ1) is 13.1. The zero-order chi connectivity index (χ0) is 12.8. The van der Waals surface area contributed by atoms with Crippen LogP contribution in [0.1, 0.15) is 26.7 Å². The Hall–Kier alpha value is -1.92. The Morgan fingerprint density at radius 1 is 1.71 bits per heavy atom. The largest absolute Gasteiger partial charge is 0.354 e. The summed E-state index contributed by atoms with van der Waals surface area (Å²) in [6, 6.07) is 0.148. The molecule has 1 heterocycles. The number of rotatable bonds is 6. The number of carbonyl (C=O) groups is 1. The van der Waals surface area contributed by atoms with Crippen LogP contribution in [0.5, 0.6) is 0 Å². The van der Waals surface area contributed by atoms with Crippen molar-refractivity contribution in [2.24, 2.45) is 0 Å². The molecule has 0 saturated heterocycles. The van der Waals surface area contributed by atoms with Crippen molar-refractivity contribution in [1.82, 2.24) is 15.1 Å². The summed E-state index contributed by atoms with van der Waals surface area (Å²) in [6.07, 6.45) is 3.63. The van der Waals surface area contributed by atoms with Gasteiger partial charge in [-0.05, 0) is 13.3 Å². The first-order valence-electron chi connectivity index (χ1n) is 5.49. The molecule has 0 saturated carbocycles. The molecule has 17 heavy (non-hydrogen) atoms. The van der Waals surface area contributed by atoms with Crippen molar-refractivity contribution in [3.63, 3.8) is 0 Å². The summed E-state index contributed by atoms with van der Waals surface area (Å²) < 4.78 is 1.40. The lowest BCUT2D eigenvalue weighted by Crippen LogP contribution is -2.32. The Morgan fingerprint density at radius 2 is 2.41 bits per heavy atom. The molecule has 0 fully saturated rings. The number of hydrogen-bond acceptors (Lipinski definition) is 4. The smallest absolute Gasteiger partial charge is 0.306 e. The van der Waals surface area contributed by atoms with Crippen LogP contribution in [-0.2, 0) is 11.3 Å². The summed E-state index contributed by atoms with van der Waals surface area (Å²) >= 11 is 0. The van der Waals surface area contributed by atoms with Crippen molar-refractivity contribution >= 4 is 11.6 Å². The van der Waals surface area contributed by atoms with E-state index in [0.717, 1.165) is 6.42 Å². The topological polar surface area (TPSA) is 90.1 Å². The number of nitrogens with one attached hydrogen (secondary N) is 1. The molecule has 0 aromatic carbocycles. The van der Waals surface area contributed by atoms with E-state index in [4.69, 9.17) is 0 Å². The standard InChI is InChI=1S/C10H16N4O3/c1-3-8(2)12-10(15)4-5-13-7-9(6-11-13)14(16)17/h6-8H,3-5H2,1-2H3,(H,12,15). The molecule has 7 heteroatoms. The Balaban J connectivity index is 2.39. The maximum absolute atomic E-state index is 11.4. The molecule has 1 amide bonds. The number of aromatic nitrogens is 2. The molecule has 1 N–H and O–H groups in total. The van der Waals surface area contributed by atoms with Crippen LogP contribution >= 0.6 is 0 Å². The van der Waals surface area contributed by atoms with E-state index in [1.54, 1.807) is 0 Å². The van der Waals surface area contributed by atoms with Gasteiger partial charge in [-0.15, -0.1) is 0 Å². The van der Waals surface area contributed by atoms with E-state index in [1.165, 1.54) is 17.1 Å². The lowest BCUT2D eigenvalue weighted by molar-refractivity contribution is -0.385. The highest BCUT2D eigenvalue weighted by Gasteiger charge is 2.10. The molecule has 7 nitrogen and oxygen atoms in total. The molecular formula is C10H16N4O3. The van der Waals surface area contributed by atoms with Crippen molar-refractivity contribution in [2.75, 3.05) is 0 Å². The van der Waals surface area contributed by atoms with E-state index in [-0.39, 0.29) is 24.1 Å². The van der Waals surface area contributed by atoms with E-state index in [2.05, 4.69) is 10.4 Å². The quantitative estimate of drug-likeness (QED) is 0.595. The Labute approximate surface area is 99.0 Å². The van der Waals surface area contributed by atoms with Crippen molar-refractivity contribution < 1.29 is 9.72 Å². The van der Waals surface area contributed by atoms with Crippen LogP contribution < -0.4 is 5.32 Å². The van der Waals surface area contributed by atoms with Gasteiger partial charge in [0.05, 0.1) is 4.92 Å². The fourth-order valence-corrected chi connectivity index (χ4v) is 1.23. The molecular weight excluding hydrogens is 224 g/mol. The number of carbonyl (C=O) groups excluding carboxylic acids is 1. The van der Waals surface area contributed by atoms with Crippen LogP contribution in [0, 0.1) is 10.1 Å². The highest BCUT2D eigenvalue weighted by atomic mass is 16.6. The Morgan fingerprint density at radius 3 is 2.94 bits per heavy atom. The third-order valence-corrected chi connectivity index (χ3v) is 2.42. The van der Waals surface area contributed by atoms with Crippen molar-refractivity contribution in [2.45, 2.75) is 39.3 Å². The van der Waals surface area contributed by atoms with E-state index < -0.39 is 4.92 Å². The second kappa shape index (κ2) is 5.97. The Bertz CT molecular complexity index is 402. The maximum atomic E-state index is 11.4. The molecule has 0 aliphatic rings. The van der Waals surface area contributed by atoms with Gasteiger partial charge in [-0.1, -0.05) is 6.92 Å². The number of nitro groups is 1. The molecule has 0 aliphatic heterocycles. The summed E-state index contributed by atoms with van der Waals surface area (Å²) in [4.78, 5) is 21.3. The number of amides is 1. The summed E-state index contributed by atoms with van der Waals surface area (Å²) in [7, 11) is 0. The minimum Gasteiger partial charge on any atom is -0.354 e. The van der Waals surface area contributed by atoms with Gasteiger partial charge in [-0.25, -0.2) is 0 Å². The highest BCUT2D eigenvalue weighted by molar-refractivity contribution is 5.76. The fraction of sp³-hybridized carbons (Fsp3) is 0.600. The fourth-order valence-electron chi connectivity index (χ4n) is 1.23. The third kappa shape index (κ3) is 4.21. The SMILES string of the molecule is CCC(C)NC(=O)CCn1cc([N+](=O)[O-])cn1. The molecule has 94 valence electrons. The summed E-state index contributed by atoms with van der Waals surface area (Å²) in [5, 5.41) is 17.0. The van der Waals surface area contributed by atoms with Crippen molar-refractivity contribution in [1.29, 1.82) is 0 Å². The van der Waals surface area contributed by atoms with E-state index in [1.807, 2.05) is 13.8 Å². The van der Waals surface area contributed by atoms with Gasteiger partial charge >= 0.3 is 5.69 Å². The third-order valence-electron chi connectivity index (χ3n) is 2.42. The second-order valence-corrected chi connectivity index (χ2v) is 3.85. The first-order chi connectivity index (χ1) is 8.02. The molecule has 0 spiro atoms. The van der Waals surface area contributed by atoms with E-state index in [0.29, 0.717) is 6.54 Å². The summed E-state index contributed by atoms with van der Waals surface area (Å²) in [5.74, 6) is -0.0718. The van der Waals surface area contributed by atoms with Crippen LogP contribution in [-0.4, -0.2) is 26.7 Å². The normalized spacial score (nSPS) is 12.1. The zero-order valence-electron chi connectivity index (χ0n) is 9.92. The molecule has 1 aromatic heterocycles. The lowest BCUT2D eigenvalue weighted by Gasteiger charge is -2.10. The predicted molar refractivity (Wildman–Crippen MR) is 61.4 cm³/mol. The first-order valence-corrected chi connectivity index (χ1v) is 5.49. The van der Waals surface area contributed by atoms with Gasteiger partial charge in [-0.2, -0.15) is 5.10 Å². The highest BCUT2D eigenvalue weighted by Crippen LogP contribution is 2.07. The predicted octanol–water partition coefficient (Wildman–Crippen LogP) is 1.10. The van der Waals surface area contributed by atoms with Gasteiger partial charge < -0.3 is 5.32 Å². The molecule has 0 radical (unpaired) electrons. The van der Waals surface area contributed by atoms with Gasteiger partial charge in [0.15, 0.2) is 0 Å². The van der Waals surface area contributed by atoms with Crippen LogP contribution in [0.3, 0.4) is 0 Å². The van der Waals surface area contributed by atoms with Crippen LogP contribution in [0.2, 0.25) is 0 Å². The van der Waals surface area contributed by atoms with Gasteiger partial charge in [0.1, 0.15) is 12.4 Å². The number of nitrogens with zero attached hydrogens (tertiary/aromatic N) is 3. The summed E-state index contributed by atoms with van der Waals surface area (Å²) in [5.41, 5.74) is -0.0627. The zero-order valence-corrected chi connectivity index (χ0v) is 9.92. The minimum absolute atomic E-state index is 0.0627. The van der Waals surface area contributed by atoms with E-state index >= 15 is 0 Å². The molecule has 1 atom stereocenters. The van der Waals surface area contributed by atoms with Gasteiger partial charge in [0.25, 0.3) is 0 Å². The van der Waals surface area contributed by atoms with Crippen molar-refractivity contribution in [3.05, 3.63) is 22.5 Å². The molecule has 0 bridgehead atoms. The average molecular weight is 240 g/mol. The minimum atomic E-state index is -0.511. The number of aryl methyl sites for hydroxylation is 1. The van der Waals surface area contributed by atoms with Gasteiger partial charge in [0, 0.05) is 19.0 Å². The number of hydrogen-bond donors (Lipinski definition) is 1. The maximum Gasteiger partial charge on any atom is 0.306 e. The molecule has 1 aromatic rings. The van der Waals surface area contributed by atoms with Gasteiger partial charge in [-0.3, -0.25) is 19.6 Å². The lowest BCUT2D eigenvalue weighted by atomic mass is 10.2. The Kier molecular flexibility index (Phi) is 4.62. The second-order valence-electron chi connectivity index (χ2n) is 3.85. The average Bonchev–Trinajstić information content (AvgIpc) is 2.75. The van der Waals surface area contributed by atoms with Crippen LogP contribution in [0.4, 0.5) is 5.69 Å². The van der Waals surface area contributed by atoms with E-state index in [9.17, 15) is 14.9 Å². The monoisotopic (exact) mass is 240 g/mol. The summed E-state index contributed by atoms with van der Waals surface area (Å²) in [6.45, 7) is 4.26. The molecule has 1 unspecified atom stereocenters. The molecule has 0 aliphatic carbocycles. The molecule has 1 rings (SSSR count). The van der Waals surface area contributed by atoms with Crippen LogP contribution in [0.15, 0.2) is 12.4 Å². The van der Waals surface area contributed by atoms with Gasteiger partial charge in [0.2, 0.25) is 5.91 Å². The van der Waals surface area contributed by atoms with Crippen LogP contribution in [0.25, 0.3) is 0 Å². The van der Waals surface area contributed by atoms with Crippen molar-refractivity contribution in [3.8, 4) is 0 Å².